The van der Waals surface area contributed by atoms with Crippen LogP contribution in [0.1, 0.15) is 21.5 Å². The number of anilines is 1. The summed E-state index contributed by atoms with van der Waals surface area (Å²) in [4.78, 5) is 16.5. The van der Waals surface area contributed by atoms with E-state index in [2.05, 4.69) is 16.2 Å². The third-order valence-electron chi connectivity index (χ3n) is 5.16. The summed E-state index contributed by atoms with van der Waals surface area (Å²) >= 11 is 0. The summed E-state index contributed by atoms with van der Waals surface area (Å²) in [5.74, 6) is -0.278. The minimum absolute atomic E-state index is 0.170. The number of carbonyl (C=O) groups excluding carboxylic acids is 1. The van der Waals surface area contributed by atoms with Crippen LogP contribution in [0.2, 0.25) is 0 Å². The summed E-state index contributed by atoms with van der Waals surface area (Å²) in [6.45, 7) is 9.31. The van der Waals surface area contributed by atoms with E-state index in [0.29, 0.717) is 11.1 Å². The first-order valence-electron chi connectivity index (χ1n) is 9.17. The van der Waals surface area contributed by atoms with E-state index < -0.39 is 0 Å². The summed E-state index contributed by atoms with van der Waals surface area (Å²) in [5, 5.41) is 12.5. The van der Waals surface area contributed by atoms with Crippen molar-refractivity contribution in [2.75, 3.05) is 12.4 Å². The standard InChI is InChI=1S/C25H17N3O/c1-15-7-9-19-21(11-15)22-13-17(16-5-4-6-18(12-16)27-2)8-10-20(22)25(29)24(19)23(14-26)28-3/h4-13,27H,1-2H3/b24-23-. The van der Waals surface area contributed by atoms with E-state index in [1.807, 2.05) is 68.6 Å². The maximum Gasteiger partial charge on any atom is 0.273 e. The second-order valence-electron chi connectivity index (χ2n) is 6.92. The zero-order chi connectivity index (χ0) is 20.5. The van der Waals surface area contributed by atoms with Crippen molar-refractivity contribution in [3.63, 3.8) is 0 Å². The number of allylic oxidation sites excluding steroid dienone is 2. The van der Waals surface area contributed by atoms with Crippen LogP contribution in [0.4, 0.5) is 5.69 Å². The van der Waals surface area contributed by atoms with Crippen LogP contribution in [0.15, 0.2) is 66.4 Å². The Bertz CT molecular complexity index is 1270. The number of nitriles is 1. The fraction of sp³-hybridized carbons (Fsp3) is 0.0800. The number of Topliss-reactive ketones (excluding diaryl/α,β-unsaturated/α-hetero) is 1. The maximum absolute atomic E-state index is 13.2. The van der Waals surface area contributed by atoms with Gasteiger partial charge in [-0.25, -0.2) is 10.1 Å². The SMILES string of the molecule is [C-]#[N+]/C(C#N)=C1\C(=O)c2ccc(-c3cccc(NC)c3)cc2-c2cc(C)ccc21. The van der Waals surface area contributed by atoms with Crippen LogP contribution in [0.3, 0.4) is 0 Å². The van der Waals surface area contributed by atoms with E-state index in [4.69, 9.17) is 6.57 Å². The normalized spacial score (nSPS) is 13.6. The van der Waals surface area contributed by atoms with Crippen molar-refractivity contribution < 1.29 is 4.79 Å². The Morgan fingerprint density at radius 1 is 0.966 bits per heavy atom. The average molecular weight is 375 g/mol. The number of fused-ring (bicyclic) bond motifs is 3. The lowest BCUT2D eigenvalue weighted by Crippen LogP contribution is -2.13. The molecule has 138 valence electrons. The van der Waals surface area contributed by atoms with E-state index in [0.717, 1.165) is 33.5 Å². The molecule has 0 spiro atoms. The van der Waals surface area contributed by atoms with Gasteiger partial charge in [0.2, 0.25) is 0 Å². The molecule has 1 N–H and O–H groups in total. The van der Waals surface area contributed by atoms with E-state index in [-0.39, 0.29) is 17.1 Å². The highest BCUT2D eigenvalue weighted by Gasteiger charge is 2.30. The van der Waals surface area contributed by atoms with Gasteiger partial charge in [0, 0.05) is 23.9 Å². The molecule has 0 unspecified atom stereocenters. The Morgan fingerprint density at radius 2 is 1.69 bits per heavy atom. The molecule has 1 aliphatic carbocycles. The Morgan fingerprint density at radius 3 is 2.41 bits per heavy atom. The number of carbonyl (C=O) groups is 1. The topological polar surface area (TPSA) is 57.2 Å². The third-order valence-corrected chi connectivity index (χ3v) is 5.16. The van der Waals surface area contributed by atoms with Crippen molar-refractivity contribution in [1.29, 1.82) is 5.26 Å². The van der Waals surface area contributed by atoms with Crippen LogP contribution in [0.5, 0.6) is 0 Å². The Kier molecular flexibility index (Phi) is 4.47. The number of benzene rings is 3. The first-order chi connectivity index (χ1) is 14.1. The largest absolute Gasteiger partial charge is 0.388 e. The predicted molar refractivity (Wildman–Crippen MR) is 115 cm³/mol. The van der Waals surface area contributed by atoms with E-state index in [1.165, 1.54) is 0 Å². The molecule has 0 heterocycles. The molecule has 0 saturated heterocycles. The van der Waals surface area contributed by atoms with Gasteiger partial charge >= 0.3 is 0 Å². The second kappa shape index (κ2) is 7.11. The number of aryl methyl sites for hydroxylation is 1. The first kappa shape index (κ1) is 18.2. The van der Waals surface area contributed by atoms with Crippen LogP contribution < -0.4 is 5.32 Å². The van der Waals surface area contributed by atoms with Gasteiger partial charge in [0.25, 0.3) is 5.70 Å². The quantitative estimate of drug-likeness (QED) is 0.354. The van der Waals surface area contributed by atoms with Gasteiger partial charge in [0.05, 0.1) is 12.6 Å². The predicted octanol–water partition coefficient (Wildman–Crippen LogP) is 5.72. The van der Waals surface area contributed by atoms with E-state index >= 15 is 0 Å². The molecular weight excluding hydrogens is 358 g/mol. The summed E-state index contributed by atoms with van der Waals surface area (Å²) < 4.78 is 0. The molecule has 4 rings (SSSR count). The van der Waals surface area contributed by atoms with Crippen LogP contribution in [0, 0.1) is 24.8 Å². The summed E-state index contributed by atoms with van der Waals surface area (Å²) in [7, 11) is 1.88. The fourth-order valence-electron chi connectivity index (χ4n) is 3.73. The van der Waals surface area contributed by atoms with Crippen LogP contribution >= 0.6 is 0 Å². The van der Waals surface area contributed by atoms with Crippen molar-refractivity contribution in [1.82, 2.24) is 0 Å². The van der Waals surface area contributed by atoms with E-state index in [9.17, 15) is 10.1 Å². The van der Waals surface area contributed by atoms with Gasteiger partial charge in [0.15, 0.2) is 5.78 Å². The summed E-state index contributed by atoms with van der Waals surface area (Å²) in [6, 6.07) is 21.4. The molecule has 0 saturated carbocycles. The molecule has 0 radical (unpaired) electrons. The minimum Gasteiger partial charge on any atom is -0.388 e. The van der Waals surface area contributed by atoms with Crippen molar-refractivity contribution >= 4 is 17.0 Å². The molecule has 29 heavy (non-hydrogen) atoms. The lowest BCUT2D eigenvalue weighted by atomic mass is 9.79. The summed E-state index contributed by atoms with van der Waals surface area (Å²) in [5.41, 5.74) is 6.97. The molecule has 0 aromatic heterocycles. The van der Waals surface area contributed by atoms with Gasteiger partial charge in [-0.15, -0.1) is 0 Å². The Balaban J connectivity index is 2.00. The van der Waals surface area contributed by atoms with Gasteiger partial charge in [-0.1, -0.05) is 42.0 Å². The third kappa shape index (κ3) is 2.98. The molecule has 0 bridgehead atoms. The fourth-order valence-corrected chi connectivity index (χ4v) is 3.73. The lowest BCUT2D eigenvalue weighted by Gasteiger charge is -2.23. The number of nitrogens with one attached hydrogen (secondary N) is 1. The van der Waals surface area contributed by atoms with Gasteiger partial charge in [-0.05, 0) is 59.0 Å². The number of rotatable bonds is 2. The second-order valence-corrected chi connectivity index (χ2v) is 6.92. The molecular formula is C25H17N3O. The molecule has 0 aliphatic heterocycles. The molecule has 0 fully saturated rings. The number of hydrogen-bond donors (Lipinski definition) is 1. The Labute approximate surface area is 169 Å². The first-order valence-corrected chi connectivity index (χ1v) is 9.17. The van der Waals surface area contributed by atoms with Crippen LogP contribution in [0.25, 0.3) is 32.7 Å². The smallest absolute Gasteiger partial charge is 0.273 e. The summed E-state index contributed by atoms with van der Waals surface area (Å²) in [6.07, 6.45) is 0. The van der Waals surface area contributed by atoms with Crippen molar-refractivity contribution in [3.05, 3.63) is 94.5 Å². The zero-order valence-corrected chi connectivity index (χ0v) is 16.1. The highest BCUT2D eigenvalue weighted by atomic mass is 16.1. The van der Waals surface area contributed by atoms with E-state index in [1.54, 1.807) is 6.07 Å². The van der Waals surface area contributed by atoms with Gasteiger partial charge < -0.3 is 5.32 Å². The molecule has 3 aromatic rings. The van der Waals surface area contributed by atoms with Crippen molar-refractivity contribution in [3.8, 4) is 28.3 Å². The highest BCUT2D eigenvalue weighted by molar-refractivity contribution is 6.35. The van der Waals surface area contributed by atoms with Crippen molar-refractivity contribution in [2.45, 2.75) is 6.92 Å². The van der Waals surface area contributed by atoms with Gasteiger partial charge in [-0.3, -0.25) is 4.79 Å². The van der Waals surface area contributed by atoms with Crippen LogP contribution in [-0.4, -0.2) is 12.8 Å². The zero-order valence-electron chi connectivity index (χ0n) is 16.1. The van der Waals surface area contributed by atoms with Crippen LogP contribution in [-0.2, 0) is 0 Å². The average Bonchev–Trinajstić information content (AvgIpc) is 2.76. The number of hydrogen-bond acceptors (Lipinski definition) is 3. The molecule has 4 nitrogen and oxygen atoms in total. The van der Waals surface area contributed by atoms with Gasteiger partial charge in [0.1, 0.15) is 0 Å². The molecule has 1 aliphatic rings. The molecule has 0 amide bonds. The molecule has 4 heteroatoms. The Hall–Kier alpha value is -4.15. The molecule has 3 aromatic carbocycles. The van der Waals surface area contributed by atoms with Crippen molar-refractivity contribution in [2.24, 2.45) is 0 Å². The lowest BCUT2D eigenvalue weighted by molar-refractivity contribution is 0.105. The maximum atomic E-state index is 13.2. The number of ketones is 1. The minimum atomic E-state index is -0.278. The monoisotopic (exact) mass is 375 g/mol. The highest BCUT2D eigenvalue weighted by Crippen LogP contribution is 2.42. The molecule has 0 atom stereocenters. The van der Waals surface area contributed by atoms with Gasteiger partial charge in [-0.2, -0.15) is 0 Å². The number of nitrogens with zero attached hydrogens (tertiary/aromatic N) is 2.